The van der Waals surface area contributed by atoms with E-state index in [-0.39, 0.29) is 5.91 Å². The summed E-state index contributed by atoms with van der Waals surface area (Å²) in [5, 5.41) is 9.97. The number of rotatable bonds is 9. The molecule has 1 aromatic rings. The van der Waals surface area contributed by atoms with E-state index in [1.165, 1.54) is 38.6 Å². The van der Waals surface area contributed by atoms with Gasteiger partial charge in [0.25, 0.3) is 5.91 Å². The van der Waals surface area contributed by atoms with Gasteiger partial charge in [0.15, 0.2) is 5.96 Å². The van der Waals surface area contributed by atoms with Gasteiger partial charge in [0, 0.05) is 43.8 Å². The van der Waals surface area contributed by atoms with Crippen LogP contribution in [0.5, 0.6) is 0 Å². The average molecular weight is 414 g/mol. The summed E-state index contributed by atoms with van der Waals surface area (Å²) in [6.07, 6.45) is 8.80. The third kappa shape index (κ3) is 6.73. The zero-order chi connectivity index (χ0) is 21.2. The van der Waals surface area contributed by atoms with Gasteiger partial charge in [0.2, 0.25) is 0 Å². The second-order valence-electron chi connectivity index (χ2n) is 8.56. The monoisotopic (exact) mass is 413 g/mol. The van der Waals surface area contributed by atoms with Crippen molar-refractivity contribution < 1.29 is 4.79 Å². The number of carbonyl (C=O) groups excluding carboxylic acids is 1. The maximum Gasteiger partial charge on any atom is 0.251 e. The normalized spacial score (nSPS) is 20.5. The zero-order valence-electron chi connectivity index (χ0n) is 18.8. The van der Waals surface area contributed by atoms with Crippen molar-refractivity contribution in [1.29, 1.82) is 0 Å². The molecule has 1 aliphatic carbocycles. The highest BCUT2D eigenvalue weighted by Gasteiger charge is 2.30. The van der Waals surface area contributed by atoms with Crippen molar-refractivity contribution in [2.45, 2.75) is 77.4 Å². The van der Waals surface area contributed by atoms with Gasteiger partial charge in [-0.05, 0) is 50.3 Å². The van der Waals surface area contributed by atoms with E-state index in [4.69, 9.17) is 4.99 Å². The predicted molar refractivity (Wildman–Crippen MR) is 124 cm³/mol. The Balaban J connectivity index is 1.50. The summed E-state index contributed by atoms with van der Waals surface area (Å²) in [6.45, 7) is 8.73. The van der Waals surface area contributed by atoms with E-state index in [0.717, 1.165) is 50.0 Å². The first-order valence-electron chi connectivity index (χ1n) is 11.9. The van der Waals surface area contributed by atoms with E-state index in [1.54, 1.807) is 0 Å². The zero-order valence-corrected chi connectivity index (χ0v) is 18.8. The van der Waals surface area contributed by atoms with Crippen molar-refractivity contribution in [3.8, 4) is 0 Å². The molecule has 2 fully saturated rings. The Hall–Kier alpha value is -2.08. The summed E-state index contributed by atoms with van der Waals surface area (Å²) in [5.41, 5.74) is 1.82. The first-order valence-corrected chi connectivity index (χ1v) is 11.9. The molecule has 6 heteroatoms. The van der Waals surface area contributed by atoms with E-state index in [9.17, 15) is 4.79 Å². The summed E-state index contributed by atoms with van der Waals surface area (Å²) in [7, 11) is 0. The van der Waals surface area contributed by atoms with E-state index in [0.29, 0.717) is 18.2 Å². The smallest absolute Gasteiger partial charge is 0.251 e. The lowest BCUT2D eigenvalue weighted by atomic mass is 10.1. The van der Waals surface area contributed by atoms with Gasteiger partial charge in [0.1, 0.15) is 0 Å². The lowest BCUT2D eigenvalue weighted by molar-refractivity contribution is 0.0953. The van der Waals surface area contributed by atoms with Crippen LogP contribution >= 0.6 is 0 Å². The van der Waals surface area contributed by atoms with E-state index in [1.807, 2.05) is 24.3 Å². The van der Waals surface area contributed by atoms with Crippen molar-refractivity contribution in [3.05, 3.63) is 35.4 Å². The summed E-state index contributed by atoms with van der Waals surface area (Å²) in [5.74, 6) is 0.888. The van der Waals surface area contributed by atoms with Crippen molar-refractivity contribution in [2.24, 2.45) is 4.99 Å². The number of amides is 1. The molecule has 1 amide bonds. The van der Waals surface area contributed by atoms with Crippen molar-refractivity contribution in [3.63, 3.8) is 0 Å². The summed E-state index contributed by atoms with van der Waals surface area (Å²) >= 11 is 0. The van der Waals surface area contributed by atoms with Crippen LogP contribution in [0.2, 0.25) is 0 Å². The molecule has 1 aromatic carbocycles. The fourth-order valence-corrected chi connectivity index (χ4v) is 4.43. The molecule has 0 aromatic heterocycles. The molecule has 3 N–H and O–H groups in total. The van der Waals surface area contributed by atoms with Gasteiger partial charge in [-0.2, -0.15) is 0 Å². The van der Waals surface area contributed by atoms with Crippen LogP contribution < -0.4 is 16.0 Å². The lowest BCUT2D eigenvalue weighted by Gasteiger charge is -2.24. The van der Waals surface area contributed by atoms with Gasteiger partial charge in [-0.1, -0.05) is 38.3 Å². The van der Waals surface area contributed by atoms with Crippen molar-refractivity contribution in [1.82, 2.24) is 20.9 Å². The quantitative estimate of drug-likeness (QED) is 0.330. The number of aliphatic imine (C=N–C) groups is 1. The molecule has 0 bridgehead atoms. The highest BCUT2D eigenvalue weighted by atomic mass is 16.1. The molecule has 6 nitrogen and oxygen atoms in total. The molecule has 1 unspecified atom stereocenters. The Bertz CT molecular complexity index is 681. The topological polar surface area (TPSA) is 68.8 Å². The number of guanidine groups is 1. The number of hydrogen-bond acceptors (Lipinski definition) is 3. The minimum Gasteiger partial charge on any atom is -0.357 e. The Morgan fingerprint density at radius 3 is 2.57 bits per heavy atom. The van der Waals surface area contributed by atoms with E-state index in [2.05, 4.69) is 34.7 Å². The number of nitrogens with zero attached hydrogens (tertiary/aromatic N) is 2. The van der Waals surface area contributed by atoms with Crippen molar-refractivity contribution >= 4 is 11.9 Å². The molecule has 2 aliphatic rings. The molecule has 1 saturated carbocycles. The van der Waals surface area contributed by atoms with Crippen LogP contribution in [-0.4, -0.2) is 55.0 Å². The summed E-state index contributed by atoms with van der Waals surface area (Å²) in [4.78, 5) is 19.6. The highest BCUT2D eigenvalue weighted by Crippen LogP contribution is 2.26. The maximum atomic E-state index is 12.1. The molecule has 1 saturated heterocycles. The van der Waals surface area contributed by atoms with Gasteiger partial charge < -0.3 is 16.0 Å². The molecule has 3 rings (SSSR count). The highest BCUT2D eigenvalue weighted by molar-refractivity contribution is 5.94. The molecule has 30 heavy (non-hydrogen) atoms. The van der Waals surface area contributed by atoms with Gasteiger partial charge in [-0.3, -0.25) is 9.69 Å². The van der Waals surface area contributed by atoms with E-state index >= 15 is 0 Å². The molecular weight excluding hydrogens is 374 g/mol. The first kappa shape index (κ1) is 22.6. The average Bonchev–Trinajstić information content (AvgIpc) is 3.45. The second-order valence-corrected chi connectivity index (χ2v) is 8.56. The van der Waals surface area contributed by atoms with Crippen LogP contribution in [-0.2, 0) is 6.54 Å². The second kappa shape index (κ2) is 11.9. The number of benzene rings is 1. The third-order valence-corrected chi connectivity index (χ3v) is 6.20. The van der Waals surface area contributed by atoms with Crippen LogP contribution in [0.25, 0.3) is 0 Å². The number of carbonyl (C=O) groups is 1. The third-order valence-electron chi connectivity index (χ3n) is 6.20. The van der Waals surface area contributed by atoms with Crippen LogP contribution in [0.1, 0.15) is 74.7 Å². The minimum absolute atomic E-state index is 0.00144. The predicted octanol–water partition coefficient (Wildman–Crippen LogP) is 3.29. The number of nitrogens with one attached hydrogen (secondary N) is 3. The summed E-state index contributed by atoms with van der Waals surface area (Å²) in [6, 6.07) is 9.05. The Kier molecular flexibility index (Phi) is 9.00. The van der Waals surface area contributed by atoms with E-state index < -0.39 is 0 Å². The van der Waals surface area contributed by atoms with Gasteiger partial charge >= 0.3 is 0 Å². The Morgan fingerprint density at radius 2 is 1.87 bits per heavy atom. The maximum absolute atomic E-state index is 12.1. The Labute approximate surface area is 181 Å². The van der Waals surface area contributed by atoms with Gasteiger partial charge in [0.05, 0.1) is 6.54 Å². The number of likely N-dealkylation sites (tertiary alicyclic amines) is 1. The van der Waals surface area contributed by atoms with Crippen LogP contribution in [0.15, 0.2) is 29.3 Å². The number of hydrogen-bond donors (Lipinski definition) is 3. The minimum atomic E-state index is 0.00144. The van der Waals surface area contributed by atoms with Crippen LogP contribution in [0.4, 0.5) is 0 Å². The molecule has 0 radical (unpaired) electrons. The fourth-order valence-electron chi connectivity index (χ4n) is 4.43. The van der Waals surface area contributed by atoms with Crippen LogP contribution in [0.3, 0.4) is 0 Å². The van der Waals surface area contributed by atoms with Crippen molar-refractivity contribution in [2.75, 3.05) is 26.2 Å². The van der Waals surface area contributed by atoms with Crippen LogP contribution in [0, 0.1) is 0 Å². The molecule has 1 atom stereocenters. The van der Waals surface area contributed by atoms with Gasteiger partial charge in [-0.25, -0.2) is 4.99 Å². The molecule has 1 heterocycles. The fraction of sp³-hybridized carbons (Fsp3) is 0.667. The SMILES string of the molecule is CCCCNC(=O)c1ccc(CN=C(NCC)NC2CCN(C3CCCC3)C2)cc1. The largest absolute Gasteiger partial charge is 0.357 e. The molecule has 166 valence electrons. The Morgan fingerprint density at radius 1 is 1.10 bits per heavy atom. The standard InChI is InChI=1S/C24H39N5O/c1-3-5-15-26-23(30)20-12-10-19(11-13-20)17-27-24(25-4-2)28-21-14-16-29(18-21)22-8-6-7-9-22/h10-13,21-22H,3-9,14-18H2,1-2H3,(H,26,30)(H2,25,27,28). The van der Waals surface area contributed by atoms with Gasteiger partial charge in [-0.15, -0.1) is 0 Å². The number of unbranched alkanes of at least 4 members (excludes halogenated alkanes) is 1. The molecular formula is C24H39N5O. The molecule has 0 spiro atoms. The lowest BCUT2D eigenvalue weighted by Crippen LogP contribution is -2.45. The first-order chi connectivity index (χ1) is 14.7. The molecule has 1 aliphatic heterocycles. The summed E-state index contributed by atoms with van der Waals surface area (Å²) < 4.78 is 0.